The first-order valence-electron chi connectivity index (χ1n) is 13.5. The summed E-state index contributed by atoms with van der Waals surface area (Å²) >= 11 is 6.29. The van der Waals surface area contributed by atoms with E-state index in [4.69, 9.17) is 21.1 Å². The van der Waals surface area contributed by atoms with Gasteiger partial charge in [0.2, 0.25) is 0 Å². The van der Waals surface area contributed by atoms with Gasteiger partial charge in [-0.2, -0.15) is 0 Å². The Balaban J connectivity index is 1.85. The predicted molar refractivity (Wildman–Crippen MR) is 154 cm³/mol. The Bertz CT molecular complexity index is 1120. The normalized spacial score (nSPS) is 14.8. The number of methoxy groups -OCH3 is 2. The number of nitrogens with one attached hydrogen (secondary N) is 3. The zero-order chi connectivity index (χ0) is 28.0. The third kappa shape index (κ3) is 9.79. The Morgan fingerprint density at radius 1 is 1.05 bits per heavy atom. The molecule has 1 fully saturated rings. The van der Waals surface area contributed by atoms with Crippen LogP contribution in [-0.4, -0.2) is 59.0 Å². The lowest BCUT2D eigenvalue weighted by Gasteiger charge is -2.27. The number of ether oxygens (including phenoxy) is 3. The van der Waals surface area contributed by atoms with Crippen molar-refractivity contribution in [1.29, 1.82) is 0 Å². The number of hydrogen-bond acceptors (Lipinski definition) is 6. The van der Waals surface area contributed by atoms with Crippen LogP contribution in [0.25, 0.3) is 5.57 Å². The molecule has 0 bridgehead atoms. The topological polar surface area (TPSA) is 97.9 Å². The predicted octanol–water partition coefficient (Wildman–Crippen LogP) is 5.40. The molecule has 0 aromatic heterocycles. The van der Waals surface area contributed by atoms with Gasteiger partial charge in [0, 0.05) is 28.7 Å². The van der Waals surface area contributed by atoms with Crippen molar-refractivity contribution in [2.24, 2.45) is 5.92 Å². The van der Waals surface area contributed by atoms with E-state index in [1.165, 1.54) is 39.2 Å². The lowest BCUT2D eigenvalue weighted by atomic mass is 9.84. The molecule has 0 aliphatic heterocycles. The number of hydrogen-bond donors (Lipinski definition) is 3. The van der Waals surface area contributed by atoms with Gasteiger partial charge >= 0.3 is 6.09 Å². The maximum atomic E-state index is 13.5. The largest absolute Gasteiger partial charge is 0.499 e. The van der Waals surface area contributed by atoms with Gasteiger partial charge in [-0.3, -0.25) is 4.79 Å². The molecule has 0 radical (unpaired) electrons. The number of benzene rings is 2. The number of carbonyl (C=O) groups excluding carboxylic acids is 2. The molecule has 1 aliphatic carbocycles. The van der Waals surface area contributed by atoms with Crippen molar-refractivity contribution in [2.75, 3.05) is 41.0 Å². The van der Waals surface area contributed by atoms with Crippen molar-refractivity contribution in [3.8, 4) is 5.75 Å². The van der Waals surface area contributed by atoms with E-state index >= 15 is 0 Å². The molecule has 1 saturated carbocycles. The number of likely N-dealkylation sites (N-methyl/N-ethyl adjacent to an activating group) is 1. The lowest BCUT2D eigenvalue weighted by Crippen LogP contribution is -2.42. The minimum atomic E-state index is -0.527. The van der Waals surface area contributed by atoms with Gasteiger partial charge in [0.15, 0.2) is 0 Å². The Morgan fingerprint density at radius 2 is 1.82 bits per heavy atom. The van der Waals surface area contributed by atoms with Crippen LogP contribution in [0.2, 0.25) is 5.02 Å². The van der Waals surface area contributed by atoms with Gasteiger partial charge in [0.25, 0.3) is 5.91 Å². The molecular formula is C30H40ClN3O5. The highest BCUT2D eigenvalue weighted by Crippen LogP contribution is 2.30. The quantitative estimate of drug-likeness (QED) is 0.225. The van der Waals surface area contributed by atoms with Crippen molar-refractivity contribution >= 4 is 29.2 Å². The van der Waals surface area contributed by atoms with Crippen LogP contribution in [0.3, 0.4) is 0 Å². The fraction of sp³-hybridized carbons (Fsp3) is 0.467. The van der Waals surface area contributed by atoms with E-state index in [9.17, 15) is 9.59 Å². The summed E-state index contributed by atoms with van der Waals surface area (Å²) in [6.45, 7) is 1.20. The summed E-state index contributed by atoms with van der Waals surface area (Å²) in [6.07, 6.45) is 8.33. The van der Waals surface area contributed by atoms with Crippen molar-refractivity contribution in [1.82, 2.24) is 16.0 Å². The van der Waals surface area contributed by atoms with Crippen molar-refractivity contribution in [2.45, 2.75) is 44.6 Å². The molecule has 8 nitrogen and oxygen atoms in total. The zero-order valence-corrected chi connectivity index (χ0v) is 23.8. The van der Waals surface area contributed by atoms with E-state index in [0.717, 1.165) is 23.1 Å². The molecule has 0 saturated heterocycles. The van der Waals surface area contributed by atoms with Gasteiger partial charge < -0.3 is 30.2 Å². The van der Waals surface area contributed by atoms with Crippen LogP contribution in [0.1, 0.15) is 60.0 Å². The molecule has 0 unspecified atom stereocenters. The molecule has 1 atom stereocenters. The Morgan fingerprint density at radius 3 is 2.51 bits per heavy atom. The molecule has 9 heteroatoms. The highest BCUT2D eigenvalue weighted by atomic mass is 35.5. The summed E-state index contributed by atoms with van der Waals surface area (Å²) in [5, 5.41) is 9.62. The van der Waals surface area contributed by atoms with E-state index in [-0.39, 0.29) is 25.1 Å². The fourth-order valence-corrected chi connectivity index (χ4v) is 5.11. The monoisotopic (exact) mass is 557 g/mol. The van der Waals surface area contributed by atoms with Gasteiger partial charge in [0.05, 0.1) is 27.0 Å². The lowest BCUT2D eigenvalue weighted by molar-refractivity contribution is 0.0928. The maximum Gasteiger partial charge on any atom is 0.406 e. The van der Waals surface area contributed by atoms with Gasteiger partial charge in [-0.25, -0.2) is 4.79 Å². The van der Waals surface area contributed by atoms with E-state index < -0.39 is 6.09 Å². The van der Waals surface area contributed by atoms with Gasteiger partial charge in [-0.1, -0.05) is 55.8 Å². The number of alkyl carbamates (subject to hydrolysis) is 1. The average molecular weight is 558 g/mol. The van der Waals surface area contributed by atoms with Crippen LogP contribution in [0.5, 0.6) is 5.75 Å². The number of rotatable bonds is 13. The summed E-state index contributed by atoms with van der Waals surface area (Å²) in [5.74, 6) is 1.04. The Kier molecular flexibility index (Phi) is 12.4. The molecule has 1 aliphatic rings. The first-order valence-corrected chi connectivity index (χ1v) is 13.9. The van der Waals surface area contributed by atoms with Crippen LogP contribution >= 0.6 is 11.6 Å². The maximum absolute atomic E-state index is 13.5. The SMILES string of the molecule is CNC[C@H](CC1CCCCC1)NC(=O)c1cc(OC)cc(/C(=C/OCCNC(=O)OC)c2cccc(Cl)c2)c1. The Hall–Kier alpha value is -3.23. The first-order chi connectivity index (χ1) is 18.9. The number of amides is 2. The minimum absolute atomic E-state index is 0.0360. The second-order valence-corrected chi connectivity index (χ2v) is 10.2. The number of carbonyl (C=O) groups is 2. The van der Waals surface area contributed by atoms with E-state index in [1.54, 1.807) is 25.5 Å². The molecule has 39 heavy (non-hydrogen) atoms. The molecule has 0 heterocycles. The second kappa shape index (κ2) is 16.0. The number of halogens is 1. The highest BCUT2D eigenvalue weighted by molar-refractivity contribution is 6.30. The molecule has 212 valence electrons. The van der Waals surface area contributed by atoms with Crippen LogP contribution in [0, 0.1) is 5.92 Å². The second-order valence-electron chi connectivity index (χ2n) is 9.75. The van der Waals surface area contributed by atoms with Crippen LogP contribution in [-0.2, 0) is 9.47 Å². The van der Waals surface area contributed by atoms with Gasteiger partial charge in [-0.15, -0.1) is 0 Å². The summed E-state index contributed by atoms with van der Waals surface area (Å²) in [4.78, 5) is 24.8. The summed E-state index contributed by atoms with van der Waals surface area (Å²) < 4.78 is 15.9. The van der Waals surface area contributed by atoms with Crippen LogP contribution < -0.4 is 20.7 Å². The van der Waals surface area contributed by atoms with Gasteiger partial charge in [-0.05, 0) is 60.8 Å². The van der Waals surface area contributed by atoms with Crippen molar-refractivity contribution in [3.05, 3.63) is 70.4 Å². The molecule has 3 N–H and O–H groups in total. The van der Waals surface area contributed by atoms with Crippen LogP contribution in [0.4, 0.5) is 4.79 Å². The molecule has 3 rings (SSSR count). The smallest absolute Gasteiger partial charge is 0.406 e. The minimum Gasteiger partial charge on any atom is -0.499 e. The van der Waals surface area contributed by atoms with E-state index in [1.807, 2.05) is 37.4 Å². The third-order valence-electron chi connectivity index (χ3n) is 6.86. The molecule has 2 aromatic carbocycles. The third-order valence-corrected chi connectivity index (χ3v) is 7.09. The molecule has 2 aromatic rings. The van der Waals surface area contributed by atoms with E-state index in [0.29, 0.717) is 28.8 Å². The standard InChI is InChI=1S/C30H40ClN3O5/c1-32-19-26(14-21-8-5-4-6-9-21)34-29(35)24-15-23(17-27(18-24)37-2)28(22-10-7-11-25(31)16-22)20-39-13-12-33-30(36)38-3/h7,10-11,15-18,20-21,26,32H,4-6,8-9,12-14,19H2,1-3H3,(H,33,36)(H,34,35)/b28-20+/t26-/m0/s1. The molecule has 0 spiro atoms. The first kappa shape index (κ1) is 30.3. The Labute approximate surface area is 236 Å². The molecule has 2 amide bonds. The fourth-order valence-electron chi connectivity index (χ4n) is 4.92. The molecular weight excluding hydrogens is 518 g/mol. The van der Waals surface area contributed by atoms with Crippen molar-refractivity contribution in [3.63, 3.8) is 0 Å². The summed E-state index contributed by atoms with van der Waals surface area (Å²) in [6, 6.07) is 12.9. The van der Waals surface area contributed by atoms with Crippen LogP contribution in [0.15, 0.2) is 48.7 Å². The van der Waals surface area contributed by atoms with Gasteiger partial charge in [0.1, 0.15) is 12.4 Å². The average Bonchev–Trinajstić information content (AvgIpc) is 2.95. The van der Waals surface area contributed by atoms with Crippen molar-refractivity contribution < 1.29 is 23.8 Å². The zero-order valence-electron chi connectivity index (χ0n) is 23.1. The summed E-state index contributed by atoms with van der Waals surface area (Å²) in [5.41, 5.74) is 2.76. The highest BCUT2D eigenvalue weighted by Gasteiger charge is 2.21. The summed E-state index contributed by atoms with van der Waals surface area (Å²) in [7, 11) is 4.79. The van der Waals surface area contributed by atoms with E-state index in [2.05, 4.69) is 20.7 Å².